The number of nitrogen functional groups attached to an aromatic ring is 1. The number of nitrogens with one attached hydrogen (secondary N) is 1. The van der Waals surface area contributed by atoms with Gasteiger partial charge in [0, 0.05) is 14.7 Å². The van der Waals surface area contributed by atoms with Crippen LogP contribution in [0.5, 0.6) is 0 Å². The van der Waals surface area contributed by atoms with E-state index in [1.54, 1.807) is 17.4 Å². The first kappa shape index (κ1) is 13.8. The summed E-state index contributed by atoms with van der Waals surface area (Å²) in [7, 11) is 1.32. The molecule has 7 heteroatoms. The van der Waals surface area contributed by atoms with Gasteiger partial charge < -0.3 is 15.8 Å². The number of carbonyl (C=O) groups is 1. The van der Waals surface area contributed by atoms with Crippen LogP contribution in [0.25, 0.3) is 0 Å². The number of methoxy groups -OCH3 is 1. The summed E-state index contributed by atoms with van der Waals surface area (Å²) >= 11 is 5.01. The number of hydrogen-bond donors (Lipinski definition) is 2. The van der Waals surface area contributed by atoms with E-state index < -0.39 is 5.97 Å². The summed E-state index contributed by atoms with van der Waals surface area (Å²) in [6.45, 7) is 0.595. The average Bonchev–Trinajstić information content (AvgIpc) is 2.82. The Morgan fingerprint density at radius 3 is 3.00 bits per heavy atom. The van der Waals surface area contributed by atoms with Gasteiger partial charge in [-0.05, 0) is 34.1 Å². The van der Waals surface area contributed by atoms with Crippen LogP contribution in [-0.4, -0.2) is 18.1 Å². The van der Waals surface area contributed by atoms with E-state index in [2.05, 4.69) is 31.0 Å². The van der Waals surface area contributed by atoms with E-state index in [9.17, 15) is 4.79 Å². The van der Waals surface area contributed by atoms with Crippen LogP contribution < -0.4 is 11.1 Å². The molecular formula is C12H12BrN3O2S. The number of pyridine rings is 1. The van der Waals surface area contributed by atoms with Gasteiger partial charge in [-0.1, -0.05) is 0 Å². The Morgan fingerprint density at radius 1 is 1.58 bits per heavy atom. The predicted octanol–water partition coefficient (Wildman–Crippen LogP) is 2.89. The number of thiophene rings is 1. The molecule has 100 valence electrons. The lowest BCUT2D eigenvalue weighted by Gasteiger charge is -2.08. The number of rotatable bonds is 4. The maximum absolute atomic E-state index is 11.4. The number of hydrogen-bond acceptors (Lipinski definition) is 6. The highest BCUT2D eigenvalue weighted by Crippen LogP contribution is 2.22. The quantitative estimate of drug-likeness (QED) is 0.836. The van der Waals surface area contributed by atoms with Crippen LogP contribution in [-0.2, 0) is 11.3 Å². The molecule has 0 amide bonds. The first-order valence-electron chi connectivity index (χ1n) is 5.42. The minimum absolute atomic E-state index is 0.228. The van der Waals surface area contributed by atoms with Crippen LogP contribution in [0.3, 0.4) is 0 Å². The monoisotopic (exact) mass is 341 g/mol. The molecule has 0 saturated heterocycles. The molecule has 2 aromatic rings. The van der Waals surface area contributed by atoms with Gasteiger partial charge in [0.25, 0.3) is 0 Å². The smallest absolute Gasteiger partial charge is 0.356 e. The average molecular weight is 342 g/mol. The normalized spacial score (nSPS) is 10.2. The fraction of sp³-hybridized carbons (Fsp3) is 0.167. The Kier molecular flexibility index (Phi) is 4.39. The van der Waals surface area contributed by atoms with Crippen LogP contribution in [0.1, 0.15) is 15.4 Å². The zero-order chi connectivity index (χ0) is 13.8. The molecule has 2 aromatic heterocycles. The number of halogens is 1. The molecule has 0 fully saturated rings. The Bertz CT molecular complexity index is 600. The summed E-state index contributed by atoms with van der Waals surface area (Å²) in [5.41, 5.74) is 6.53. The third kappa shape index (κ3) is 3.45. The SMILES string of the molecule is COC(=O)c1ccc(N)c(NCc2cc(Br)cs2)n1. The van der Waals surface area contributed by atoms with E-state index in [0.717, 1.165) is 9.35 Å². The second kappa shape index (κ2) is 6.03. The van der Waals surface area contributed by atoms with Crippen molar-refractivity contribution in [2.75, 3.05) is 18.2 Å². The fourth-order valence-corrected chi connectivity index (χ4v) is 2.84. The molecule has 0 radical (unpaired) electrons. The maximum Gasteiger partial charge on any atom is 0.356 e. The molecule has 0 atom stereocenters. The topological polar surface area (TPSA) is 77.2 Å². The van der Waals surface area contributed by atoms with Crippen LogP contribution in [0.15, 0.2) is 28.1 Å². The molecule has 0 aliphatic rings. The number of nitrogens with two attached hydrogens (primary N) is 1. The Balaban J connectivity index is 2.12. The Morgan fingerprint density at radius 2 is 2.37 bits per heavy atom. The van der Waals surface area contributed by atoms with Gasteiger partial charge in [-0.2, -0.15) is 0 Å². The van der Waals surface area contributed by atoms with E-state index in [-0.39, 0.29) is 5.69 Å². The van der Waals surface area contributed by atoms with Gasteiger partial charge in [0.05, 0.1) is 19.3 Å². The summed E-state index contributed by atoms with van der Waals surface area (Å²) in [4.78, 5) is 16.7. The van der Waals surface area contributed by atoms with Crippen molar-refractivity contribution < 1.29 is 9.53 Å². The number of anilines is 2. The summed E-state index contributed by atoms with van der Waals surface area (Å²) in [6, 6.07) is 5.18. The third-order valence-corrected chi connectivity index (χ3v) is 4.07. The molecule has 19 heavy (non-hydrogen) atoms. The highest BCUT2D eigenvalue weighted by molar-refractivity contribution is 9.10. The molecule has 2 rings (SSSR count). The molecular weight excluding hydrogens is 330 g/mol. The van der Waals surface area contributed by atoms with Crippen molar-refractivity contribution in [3.05, 3.63) is 38.6 Å². The lowest BCUT2D eigenvalue weighted by molar-refractivity contribution is 0.0594. The first-order valence-corrected chi connectivity index (χ1v) is 7.09. The Hall–Kier alpha value is -1.60. The van der Waals surface area contributed by atoms with Crippen molar-refractivity contribution in [1.29, 1.82) is 0 Å². The van der Waals surface area contributed by atoms with Gasteiger partial charge >= 0.3 is 5.97 Å². The minimum atomic E-state index is -0.484. The van der Waals surface area contributed by atoms with Crippen molar-refractivity contribution in [3.63, 3.8) is 0 Å². The zero-order valence-electron chi connectivity index (χ0n) is 10.1. The summed E-state index contributed by atoms with van der Waals surface area (Å²) in [5, 5.41) is 5.11. The van der Waals surface area contributed by atoms with Gasteiger partial charge in [-0.25, -0.2) is 9.78 Å². The van der Waals surface area contributed by atoms with E-state index in [4.69, 9.17) is 5.73 Å². The lowest BCUT2D eigenvalue weighted by Crippen LogP contribution is -2.09. The molecule has 0 aromatic carbocycles. The van der Waals surface area contributed by atoms with Gasteiger partial charge in [-0.15, -0.1) is 11.3 Å². The molecule has 0 bridgehead atoms. The standard InChI is InChI=1S/C12H12BrN3O2S/c1-18-12(17)10-3-2-9(14)11(16-10)15-5-8-4-7(13)6-19-8/h2-4,6H,5,14H2,1H3,(H,15,16). The molecule has 0 spiro atoms. The highest BCUT2D eigenvalue weighted by Gasteiger charge is 2.10. The van der Waals surface area contributed by atoms with E-state index in [1.165, 1.54) is 13.2 Å². The van der Waals surface area contributed by atoms with Crippen LogP contribution in [0, 0.1) is 0 Å². The predicted molar refractivity (Wildman–Crippen MR) is 79.3 cm³/mol. The number of nitrogens with zero attached hydrogens (tertiary/aromatic N) is 1. The van der Waals surface area contributed by atoms with Gasteiger partial charge in [0.15, 0.2) is 11.5 Å². The molecule has 0 aliphatic carbocycles. The molecule has 2 heterocycles. The van der Waals surface area contributed by atoms with Crippen molar-refractivity contribution in [1.82, 2.24) is 4.98 Å². The van der Waals surface area contributed by atoms with E-state index in [1.807, 2.05) is 11.4 Å². The van der Waals surface area contributed by atoms with Crippen molar-refractivity contribution in [2.24, 2.45) is 0 Å². The van der Waals surface area contributed by atoms with Gasteiger partial charge in [0.1, 0.15) is 0 Å². The lowest BCUT2D eigenvalue weighted by atomic mass is 10.3. The highest BCUT2D eigenvalue weighted by atomic mass is 79.9. The third-order valence-electron chi connectivity index (χ3n) is 2.37. The second-order valence-corrected chi connectivity index (χ2v) is 5.62. The summed E-state index contributed by atoms with van der Waals surface area (Å²) in [5.74, 6) is -0.00524. The largest absolute Gasteiger partial charge is 0.464 e. The van der Waals surface area contributed by atoms with E-state index in [0.29, 0.717) is 18.1 Å². The zero-order valence-corrected chi connectivity index (χ0v) is 12.5. The number of ether oxygens (including phenoxy) is 1. The van der Waals surface area contributed by atoms with Gasteiger partial charge in [-0.3, -0.25) is 0 Å². The molecule has 5 nitrogen and oxygen atoms in total. The number of esters is 1. The fourth-order valence-electron chi connectivity index (χ4n) is 1.45. The molecule has 0 unspecified atom stereocenters. The van der Waals surface area contributed by atoms with Crippen molar-refractivity contribution in [2.45, 2.75) is 6.54 Å². The maximum atomic E-state index is 11.4. The summed E-state index contributed by atoms with van der Waals surface area (Å²) in [6.07, 6.45) is 0. The minimum Gasteiger partial charge on any atom is -0.464 e. The van der Waals surface area contributed by atoms with Crippen LogP contribution in [0.2, 0.25) is 0 Å². The number of aromatic nitrogens is 1. The molecule has 0 aliphatic heterocycles. The van der Waals surface area contributed by atoms with Crippen molar-refractivity contribution in [3.8, 4) is 0 Å². The first-order chi connectivity index (χ1) is 9.10. The van der Waals surface area contributed by atoms with E-state index >= 15 is 0 Å². The summed E-state index contributed by atoms with van der Waals surface area (Å²) < 4.78 is 5.66. The number of carbonyl (C=O) groups excluding carboxylic acids is 1. The molecule has 0 saturated carbocycles. The van der Waals surface area contributed by atoms with Crippen LogP contribution in [0.4, 0.5) is 11.5 Å². The molecule has 3 N–H and O–H groups in total. The van der Waals surface area contributed by atoms with Crippen LogP contribution >= 0.6 is 27.3 Å². The Labute approximate surface area is 122 Å². The van der Waals surface area contributed by atoms with Gasteiger partial charge in [0.2, 0.25) is 0 Å². The second-order valence-electron chi connectivity index (χ2n) is 3.71. The van der Waals surface area contributed by atoms with Crippen molar-refractivity contribution >= 4 is 44.7 Å².